The molecular weight excluding hydrogens is 304 g/mol. The first-order valence-corrected chi connectivity index (χ1v) is 8.64. The highest BCUT2D eigenvalue weighted by atomic mass is 16.5. The predicted octanol–water partition coefficient (Wildman–Crippen LogP) is 2.19. The zero-order chi connectivity index (χ0) is 17.1. The van der Waals surface area contributed by atoms with E-state index in [1.165, 1.54) is 12.8 Å². The van der Waals surface area contributed by atoms with Gasteiger partial charge in [-0.15, -0.1) is 0 Å². The smallest absolute Gasteiger partial charge is 0.276 e. The van der Waals surface area contributed by atoms with Crippen molar-refractivity contribution in [1.29, 1.82) is 0 Å². The molecule has 3 heterocycles. The third-order valence-corrected chi connectivity index (χ3v) is 4.41. The standard InChI is InChI=1S/C17H26N6O/c1-11(2)8-13-10-14(20-17(18)19-13)16-21-15(22-24-16)9-12-4-6-23(3)7-5-12/h10-12H,4-9H2,1-3H3,(H2,18,19,20). The minimum Gasteiger partial charge on any atom is -0.368 e. The Morgan fingerprint density at radius 2 is 2.00 bits per heavy atom. The first kappa shape index (κ1) is 16.8. The average Bonchev–Trinajstić information content (AvgIpc) is 2.97. The summed E-state index contributed by atoms with van der Waals surface area (Å²) in [7, 11) is 2.16. The van der Waals surface area contributed by atoms with Gasteiger partial charge in [0.1, 0.15) is 5.69 Å². The number of rotatable bonds is 5. The van der Waals surface area contributed by atoms with Crippen molar-refractivity contribution >= 4 is 5.95 Å². The minimum absolute atomic E-state index is 0.248. The van der Waals surface area contributed by atoms with E-state index in [9.17, 15) is 0 Å². The predicted molar refractivity (Wildman–Crippen MR) is 92.2 cm³/mol. The van der Waals surface area contributed by atoms with Crippen LogP contribution in [0.1, 0.15) is 38.2 Å². The summed E-state index contributed by atoms with van der Waals surface area (Å²) in [5, 5.41) is 4.13. The lowest BCUT2D eigenvalue weighted by Crippen LogP contribution is -2.31. The molecule has 3 rings (SSSR count). The van der Waals surface area contributed by atoms with Crippen LogP contribution in [0.15, 0.2) is 10.6 Å². The lowest BCUT2D eigenvalue weighted by atomic mass is 9.94. The normalized spacial score (nSPS) is 16.8. The van der Waals surface area contributed by atoms with Crippen LogP contribution in [0.25, 0.3) is 11.6 Å². The van der Waals surface area contributed by atoms with Crippen molar-refractivity contribution in [3.05, 3.63) is 17.6 Å². The molecule has 0 amide bonds. The number of piperidine rings is 1. The molecule has 0 aliphatic carbocycles. The number of nitrogen functional groups attached to an aromatic ring is 1. The highest BCUT2D eigenvalue weighted by molar-refractivity contribution is 5.49. The Bertz CT molecular complexity index is 675. The Morgan fingerprint density at radius 1 is 1.25 bits per heavy atom. The van der Waals surface area contributed by atoms with Gasteiger partial charge in [0.25, 0.3) is 5.89 Å². The van der Waals surface area contributed by atoms with Crippen LogP contribution in [0.2, 0.25) is 0 Å². The van der Waals surface area contributed by atoms with Crippen LogP contribution in [-0.2, 0) is 12.8 Å². The van der Waals surface area contributed by atoms with Gasteiger partial charge >= 0.3 is 0 Å². The molecule has 0 bridgehead atoms. The first-order valence-electron chi connectivity index (χ1n) is 8.64. The van der Waals surface area contributed by atoms with Gasteiger partial charge in [-0.25, -0.2) is 9.97 Å². The molecule has 7 nitrogen and oxygen atoms in total. The third-order valence-electron chi connectivity index (χ3n) is 4.41. The Labute approximate surface area is 142 Å². The summed E-state index contributed by atoms with van der Waals surface area (Å²) in [6.07, 6.45) is 4.06. The maximum atomic E-state index is 5.82. The van der Waals surface area contributed by atoms with Crippen LogP contribution in [0.3, 0.4) is 0 Å². The summed E-state index contributed by atoms with van der Waals surface area (Å²) < 4.78 is 5.41. The zero-order valence-electron chi connectivity index (χ0n) is 14.7. The van der Waals surface area contributed by atoms with E-state index in [-0.39, 0.29) is 5.95 Å². The summed E-state index contributed by atoms with van der Waals surface area (Å²) in [6.45, 7) is 6.56. The SMILES string of the molecule is CC(C)Cc1cc(-c2nc(CC3CCN(C)CC3)no2)nc(N)n1. The van der Waals surface area contributed by atoms with Crippen molar-refractivity contribution in [1.82, 2.24) is 25.0 Å². The molecule has 0 saturated carbocycles. The molecule has 0 unspecified atom stereocenters. The van der Waals surface area contributed by atoms with Crippen molar-refractivity contribution in [2.24, 2.45) is 11.8 Å². The molecule has 7 heteroatoms. The van der Waals surface area contributed by atoms with Gasteiger partial charge in [-0.05, 0) is 57.3 Å². The van der Waals surface area contributed by atoms with Crippen LogP contribution in [-0.4, -0.2) is 45.1 Å². The number of likely N-dealkylation sites (tertiary alicyclic amines) is 1. The molecule has 2 N–H and O–H groups in total. The van der Waals surface area contributed by atoms with Crippen LogP contribution >= 0.6 is 0 Å². The molecule has 0 spiro atoms. The Morgan fingerprint density at radius 3 is 2.71 bits per heavy atom. The van der Waals surface area contributed by atoms with E-state index < -0.39 is 0 Å². The van der Waals surface area contributed by atoms with Gasteiger partial charge in [-0.1, -0.05) is 19.0 Å². The number of nitrogens with two attached hydrogens (primary N) is 1. The summed E-state index contributed by atoms with van der Waals surface area (Å²) >= 11 is 0. The number of aromatic nitrogens is 4. The van der Waals surface area contributed by atoms with E-state index in [1.54, 1.807) is 0 Å². The van der Waals surface area contributed by atoms with Crippen molar-refractivity contribution < 1.29 is 4.52 Å². The second kappa shape index (κ2) is 7.25. The van der Waals surface area contributed by atoms with Gasteiger partial charge < -0.3 is 15.2 Å². The number of nitrogens with zero attached hydrogens (tertiary/aromatic N) is 5. The van der Waals surface area contributed by atoms with E-state index in [2.05, 4.69) is 45.9 Å². The summed E-state index contributed by atoms with van der Waals surface area (Å²) in [6, 6.07) is 1.89. The largest absolute Gasteiger partial charge is 0.368 e. The van der Waals surface area contributed by atoms with E-state index in [1.807, 2.05) is 6.07 Å². The summed E-state index contributed by atoms with van der Waals surface area (Å²) in [5.74, 6) is 2.55. The molecule has 130 valence electrons. The number of anilines is 1. The maximum absolute atomic E-state index is 5.82. The second-order valence-electron chi connectivity index (χ2n) is 7.17. The lowest BCUT2D eigenvalue weighted by Gasteiger charge is -2.27. The monoisotopic (exact) mass is 330 g/mol. The molecule has 0 radical (unpaired) electrons. The highest BCUT2D eigenvalue weighted by Gasteiger charge is 2.20. The molecule has 0 aromatic carbocycles. The van der Waals surface area contributed by atoms with Crippen molar-refractivity contribution in [2.45, 2.75) is 39.5 Å². The molecule has 1 fully saturated rings. The van der Waals surface area contributed by atoms with Crippen molar-refractivity contribution in [3.63, 3.8) is 0 Å². The van der Waals surface area contributed by atoms with Crippen molar-refractivity contribution in [3.8, 4) is 11.6 Å². The molecular formula is C17H26N6O. The highest BCUT2D eigenvalue weighted by Crippen LogP contribution is 2.22. The van der Waals surface area contributed by atoms with Gasteiger partial charge in [-0.3, -0.25) is 0 Å². The summed E-state index contributed by atoms with van der Waals surface area (Å²) in [4.78, 5) is 15.4. The molecule has 2 aromatic heterocycles. The van der Waals surface area contributed by atoms with E-state index in [0.717, 1.165) is 37.4 Å². The zero-order valence-corrected chi connectivity index (χ0v) is 14.7. The van der Waals surface area contributed by atoms with Crippen LogP contribution in [0.5, 0.6) is 0 Å². The number of hydrogen-bond acceptors (Lipinski definition) is 7. The quantitative estimate of drug-likeness (QED) is 0.898. The van der Waals surface area contributed by atoms with Gasteiger partial charge in [0, 0.05) is 12.1 Å². The van der Waals surface area contributed by atoms with Crippen LogP contribution < -0.4 is 5.73 Å². The van der Waals surface area contributed by atoms with E-state index in [0.29, 0.717) is 23.4 Å². The average molecular weight is 330 g/mol. The second-order valence-corrected chi connectivity index (χ2v) is 7.17. The Balaban J connectivity index is 1.72. The molecule has 2 aromatic rings. The van der Waals surface area contributed by atoms with E-state index >= 15 is 0 Å². The van der Waals surface area contributed by atoms with Gasteiger partial charge in [0.15, 0.2) is 5.82 Å². The molecule has 1 aliphatic heterocycles. The van der Waals surface area contributed by atoms with Gasteiger partial charge in [0.05, 0.1) is 0 Å². The summed E-state index contributed by atoms with van der Waals surface area (Å²) in [5.41, 5.74) is 7.34. The maximum Gasteiger partial charge on any atom is 0.276 e. The van der Waals surface area contributed by atoms with Crippen molar-refractivity contribution in [2.75, 3.05) is 25.9 Å². The fraction of sp³-hybridized carbons (Fsp3) is 0.647. The van der Waals surface area contributed by atoms with Gasteiger partial charge in [0.2, 0.25) is 5.95 Å². The van der Waals surface area contributed by atoms with Crippen LogP contribution in [0, 0.1) is 11.8 Å². The number of hydrogen-bond donors (Lipinski definition) is 1. The fourth-order valence-corrected chi connectivity index (χ4v) is 3.12. The molecule has 1 saturated heterocycles. The van der Waals surface area contributed by atoms with Gasteiger partial charge in [-0.2, -0.15) is 4.98 Å². The topological polar surface area (TPSA) is 94.0 Å². The molecule has 1 aliphatic rings. The molecule has 24 heavy (non-hydrogen) atoms. The minimum atomic E-state index is 0.248. The third kappa shape index (κ3) is 4.29. The molecule has 0 atom stereocenters. The first-order chi connectivity index (χ1) is 11.5. The Hall–Kier alpha value is -2.02. The Kier molecular flexibility index (Phi) is 5.08. The van der Waals surface area contributed by atoms with E-state index in [4.69, 9.17) is 10.3 Å². The van der Waals surface area contributed by atoms with Crippen LogP contribution in [0.4, 0.5) is 5.95 Å². The lowest BCUT2D eigenvalue weighted by molar-refractivity contribution is 0.216. The fourth-order valence-electron chi connectivity index (χ4n) is 3.12.